The molecule has 2 heterocycles. The van der Waals surface area contributed by atoms with Crippen molar-refractivity contribution in [2.75, 3.05) is 0 Å². The molecule has 0 aliphatic carbocycles. The smallest absolute Gasteiger partial charge is 0.112 e. The lowest BCUT2D eigenvalue weighted by Crippen LogP contribution is -2.19. The topological polar surface area (TPSA) is 25.8 Å². The molecule has 220 valence electrons. The second-order valence-electron chi connectivity index (χ2n) is 9.84. The van der Waals surface area contributed by atoms with Crippen molar-refractivity contribution in [2.24, 2.45) is 0 Å². The van der Waals surface area contributed by atoms with E-state index in [2.05, 4.69) is 58.5 Å². The van der Waals surface area contributed by atoms with Gasteiger partial charge < -0.3 is 0 Å². The van der Waals surface area contributed by atoms with E-state index in [1.54, 1.807) is 12.4 Å². The second-order valence-corrected chi connectivity index (χ2v) is 20.5. The van der Waals surface area contributed by atoms with E-state index >= 15 is 0 Å². The average Bonchev–Trinajstić information content (AvgIpc) is 3.13. The van der Waals surface area contributed by atoms with Gasteiger partial charge in [-0.15, -0.1) is 23.2 Å². The summed E-state index contributed by atoms with van der Waals surface area (Å²) in [5.41, 5.74) is 1.67. The first-order valence-electron chi connectivity index (χ1n) is 14.0. The molecule has 0 saturated carbocycles. The number of rotatable bonds is 8. The molecule has 0 amide bonds. The molecule has 6 rings (SSSR count). The third-order valence-corrected chi connectivity index (χ3v) is 19.8. The van der Waals surface area contributed by atoms with Gasteiger partial charge in [-0.3, -0.25) is 9.97 Å². The predicted molar refractivity (Wildman–Crippen MR) is 199 cm³/mol. The number of pyridine rings is 2. The van der Waals surface area contributed by atoms with Gasteiger partial charge in [-0.1, -0.05) is 157 Å². The molecule has 0 saturated heterocycles. The molecule has 2 atom stereocenters. The third-order valence-electron chi connectivity index (χ3n) is 7.06. The van der Waals surface area contributed by atoms with Gasteiger partial charge in [0.1, 0.15) is 10.2 Å². The summed E-state index contributed by atoms with van der Waals surface area (Å²) in [5, 5.41) is 3.80. The van der Waals surface area contributed by atoms with E-state index in [1.165, 1.54) is 0 Å². The minimum atomic E-state index is -2.20. The van der Waals surface area contributed by atoms with E-state index in [1.807, 2.05) is 109 Å². The highest BCUT2D eigenvalue weighted by Crippen LogP contribution is 2.60. The van der Waals surface area contributed by atoms with Gasteiger partial charge >= 0.3 is 0 Å². The number of nitrogens with zero attached hydrogens (tertiary/aromatic N) is 2. The van der Waals surface area contributed by atoms with Crippen molar-refractivity contribution in [3.8, 4) is 0 Å². The Hall–Kier alpha value is -2.94. The fourth-order valence-corrected chi connectivity index (χ4v) is 13.7. The van der Waals surface area contributed by atoms with Gasteiger partial charge in [0.2, 0.25) is 0 Å². The first-order chi connectivity index (χ1) is 21.5. The van der Waals surface area contributed by atoms with Crippen LogP contribution in [-0.2, 0) is 23.6 Å². The Morgan fingerprint density at radius 3 is 0.864 bits per heavy atom. The minimum Gasteiger partial charge on any atom is -0.259 e. The van der Waals surface area contributed by atoms with Crippen LogP contribution in [0, 0.1) is 0 Å². The monoisotopic (exact) mass is 686 g/mol. The van der Waals surface area contributed by atoms with Crippen molar-refractivity contribution in [3.63, 3.8) is 0 Å². The Balaban J connectivity index is 0.000000175. The molecule has 0 N–H and O–H groups in total. The number of hydrogen-bond donors (Lipinski definition) is 0. The maximum absolute atomic E-state index is 6.87. The molecule has 6 aromatic rings. The molecule has 4 aromatic carbocycles. The van der Waals surface area contributed by atoms with E-state index in [-0.39, 0.29) is 10.2 Å². The number of hydrogen-bond acceptors (Lipinski definition) is 4. The SMILES string of the molecule is S=P(c1ccccc1)(c1ccccc1)[C@H](Cl)c1ccccn1.S=P(c1ccccc1)(c1ccccc1)[C@H](Cl)c1ccccn1. The summed E-state index contributed by atoms with van der Waals surface area (Å²) in [6.45, 7) is 0. The lowest BCUT2D eigenvalue weighted by atomic mass is 10.4. The summed E-state index contributed by atoms with van der Waals surface area (Å²) in [6.07, 6.45) is 3.53. The average molecular weight is 688 g/mol. The molecule has 0 unspecified atom stereocenters. The van der Waals surface area contributed by atoms with Crippen LogP contribution < -0.4 is 21.2 Å². The maximum atomic E-state index is 6.87. The number of halogens is 2. The van der Waals surface area contributed by atoms with E-state index in [0.717, 1.165) is 32.6 Å². The Kier molecular flexibility index (Phi) is 11.3. The van der Waals surface area contributed by atoms with Gasteiger partial charge in [0.25, 0.3) is 0 Å². The molecule has 0 spiro atoms. The lowest BCUT2D eigenvalue weighted by Gasteiger charge is -2.28. The van der Waals surface area contributed by atoms with Gasteiger partial charge in [-0.2, -0.15) is 0 Å². The van der Waals surface area contributed by atoms with Crippen molar-refractivity contribution < 1.29 is 0 Å². The van der Waals surface area contributed by atoms with Gasteiger partial charge in [0.05, 0.1) is 11.4 Å². The number of benzene rings is 4. The fourth-order valence-electron chi connectivity index (χ4n) is 4.83. The first kappa shape index (κ1) is 32.5. The number of aromatic nitrogens is 2. The van der Waals surface area contributed by atoms with Crippen LogP contribution >= 0.6 is 35.3 Å². The van der Waals surface area contributed by atoms with Gasteiger partial charge in [-0.05, 0) is 45.5 Å². The van der Waals surface area contributed by atoms with Gasteiger partial charge in [-0.25, -0.2) is 0 Å². The van der Waals surface area contributed by atoms with Crippen molar-refractivity contribution in [1.82, 2.24) is 9.97 Å². The van der Waals surface area contributed by atoms with E-state index in [9.17, 15) is 0 Å². The van der Waals surface area contributed by atoms with Gasteiger partial charge in [0, 0.05) is 24.5 Å². The van der Waals surface area contributed by atoms with Crippen LogP contribution in [0.15, 0.2) is 170 Å². The Bertz CT molecular complexity index is 1610. The van der Waals surface area contributed by atoms with Crippen molar-refractivity contribution in [1.29, 1.82) is 0 Å². The molecule has 44 heavy (non-hydrogen) atoms. The zero-order valence-electron chi connectivity index (χ0n) is 23.7. The van der Waals surface area contributed by atoms with Crippen LogP contribution in [0.25, 0.3) is 0 Å². The lowest BCUT2D eigenvalue weighted by molar-refractivity contribution is 1.15. The zero-order chi connectivity index (χ0) is 30.8. The molecule has 8 heteroatoms. The Morgan fingerprint density at radius 1 is 0.386 bits per heavy atom. The Morgan fingerprint density at radius 2 is 0.636 bits per heavy atom. The Labute approximate surface area is 280 Å². The molecule has 2 aromatic heterocycles. The van der Waals surface area contributed by atoms with Crippen LogP contribution in [0.5, 0.6) is 0 Å². The zero-order valence-corrected chi connectivity index (χ0v) is 28.6. The molecular weight excluding hydrogens is 657 g/mol. The largest absolute Gasteiger partial charge is 0.259 e. The maximum Gasteiger partial charge on any atom is 0.112 e. The van der Waals surface area contributed by atoms with E-state index < -0.39 is 12.1 Å². The molecule has 0 aliphatic heterocycles. The van der Waals surface area contributed by atoms with Crippen LogP contribution in [0.4, 0.5) is 0 Å². The summed E-state index contributed by atoms with van der Waals surface area (Å²) in [6, 6.07) is 47.9. The predicted octanol–water partition coefficient (Wildman–Crippen LogP) is 8.90. The summed E-state index contributed by atoms with van der Waals surface area (Å²) >= 11 is 26.1. The van der Waals surface area contributed by atoms with Crippen LogP contribution in [0.2, 0.25) is 0 Å². The molecule has 0 fully saturated rings. The second kappa shape index (κ2) is 15.4. The molecular formula is C36H30Cl2N2P2S2. The van der Waals surface area contributed by atoms with Crippen molar-refractivity contribution in [3.05, 3.63) is 182 Å². The van der Waals surface area contributed by atoms with Gasteiger partial charge in [0.15, 0.2) is 0 Å². The van der Waals surface area contributed by atoms with E-state index in [4.69, 9.17) is 46.8 Å². The highest BCUT2D eigenvalue weighted by molar-refractivity contribution is 8.23. The van der Waals surface area contributed by atoms with E-state index in [0.29, 0.717) is 0 Å². The van der Waals surface area contributed by atoms with Crippen LogP contribution in [0.3, 0.4) is 0 Å². The molecule has 0 aliphatic rings. The molecule has 0 radical (unpaired) electrons. The third kappa shape index (κ3) is 7.13. The summed E-state index contributed by atoms with van der Waals surface area (Å²) in [5.74, 6) is 0. The number of alkyl halides is 2. The normalized spacial score (nSPS) is 12.8. The summed E-state index contributed by atoms with van der Waals surface area (Å²) in [4.78, 5) is 8.85. The van der Waals surface area contributed by atoms with Crippen molar-refractivity contribution >= 4 is 80.1 Å². The standard InChI is InChI=1S/2C18H15ClNPS/c2*19-18(17-13-7-8-14-20-17)21(22,15-9-3-1-4-10-15)16-11-5-2-6-12-16/h2*1-14,18H/t2*18-/m00/s1. The highest BCUT2D eigenvalue weighted by Gasteiger charge is 2.33. The fraction of sp³-hybridized carbons (Fsp3) is 0.0556. The summed E-state index contributed by atoms with van der Waals surface area (Å²) < 4.78 is 0. The molecule has 0 bridgehead atoms. The highest BCUT2D eigenvalue weighted by atomic mass is 35.5. The van der Waals surface area contributed by atoms with Crippen LogP contribution in [0.1, 0.15) is 21.6 Å². The first-order valence-corrected chi connectivity index (χ1v) is 20.6. The quantitative estimate of drug-likeness (QED) is 0.118. The minimum absolute atomic E-state index is 0.325. The molecule has 2 nitrogen and oxygen atoms in total. The van der Waals surface area contributed by atoms with Crippen LogP contribution in [-0.4, -0.2) is 9.97 Å². The van der Waals surface area contributed by atoms with Crippen molar-refractivity contribution in [2.45, 2.75) is 10.2 Å². The summed E-state index contributed by atoms with van der Waals surface area (Å²) in [7, 11) is 0.